The van der Waals surface area contributed by atoms with Gasteiger partial charge in [0.1, 0.15) is 5.82 Å². The molecule has 4 nitrogen and oxygen atoms in total. The predicted molar refractivity (Wildman–Crippen MR) is 241 cm³/mol. The molecule has 0 fully saturated rings. The number of hydrogen-bond acceptors (Lipinski definition) is 3. The second-order valence-electron chi connectivity index (χ2n) is 16.7. The van der Waals surface area contributed by atoms with Crippen molar-refractivity contribution >= 4 is 16.6 Å². The van der Waals surface area contributed by atoms with Crippen molar-refractivity contribution in [2.24, 2.45) is 0 Å². The summed E-state index contributed by atoms with van der Waals surface area (Å²) >= 11 is 0. The van der Waals surface area contributed by atoms with E-state index >= 15 is 0 Å². The molecular weight excluding hydrogens is 902 g/mol. The summed E-state index contributed by atoms with van der Waals surface area (Å²) in [6.45, 7) is 11.1. The predicted octanol–water partition coefficient (Wildman–Crippen LogP) is 14.3. The molecule has 296 valence electrons. The van der Waals surface area contributed by atoms with Crippen LogP contribution in [0.4, 0.5) is 0 Å². The number of aromatic nitrogens is 3. The molecule has 9 rings (SSSR count). The second-order valence-corrected chi connectivity index (χ2v) is 16.7. The molecule has 5 heteroatoms. The number of benzene rings is 6. The van der Waals surface area contributed by atoms with Crippen molar-refractivity contribution in [2.45, 2.75) is 65.7 Å². The number of aliphatic hydroxyl groups is 1. The third-order valence-corrected chi connectivity index (χ3v) is 11.7. The van der Waals surface area contributed by atoms with E-state index in [0.717, 1.165) is 97.6 Å². The van der Waals surface area contributed by atoms with Gasteiger partial charge in [0.15, 0.2) is 0 Å². The Morgan fingerprint density at radius 2 is 1.31 bits per heavy atom. The molecule has 2 aromatic heterocycles. The number of para-hydroxylation sites is 1. The van der Waals surface area contributed by atoms with Crippen molar-refractivity contribution in [3.05, 3.63) is 180 Å². The summed E-state index contributed by atoms with van der Waals surface area (Å²) < 4.78 is 2.29. The van der Waals surface area contributed by atoms with Crippen LogP contribution in [0, 0.1) is 19.9 Å². The van der Waals surface area contributed by atoms with E-state index in [9.17, 15) is 5.11 Å². The van der Waals surface area contributed by atoms with Gasteiger partial charge in [-0.1, -0.05) is 135 Å². The molecule has 1 N–H and O–H groups in total. The number of imidazole rings is 1. The van der Waals surface area contributed by atoms with Crippen LogP contribution >= 0.6 is 0 Å². The summed E-state index contributed by atoms with van der Waals surface area (Å²) in [5.74, 6) is 1.23. The number of aryl methyl sites for hydroxylation is 2. The number of aliphatic hydroxyl groups excluding tert-OH is 1. The molecule has 0 bridgehead atoms. The standard InChI is InChI=1S/C54H48N3O.Pt/c1-35-16-14-17-36(2)51(35)40-28-29-55-47(34-40)42-30-41(31-43(32-42)54(3,4)5)44-23-15-24-49-52(44)56-53(45-22-12-13-25-50(45)58)57(49)48-27-26-39(37-18-8-6-9-19-37)33-46(48)38-20-10-7-11-21-38;/h6-11,14-21,23-24,26-29,31-34,58H,12-13,22,25H2,1-5H3;/q-1;. The number of rotatable bonds is 7. The van der Waals surface area contributed by atoms with Crippen molar-refractivity contribution in [1.82, 2.24) is 14.5 Å². The summed E-state index contributed by atoms with van der Waals surface area (Å²) in [6.07, 6.45) is 5.32. The van der Waals surface area contributed by atoms with Crippen molar-refractivity contribution in [3.8, 4) is 61.5 Å². The van der Waals surface area contributed by atoms with Crippen LogP contribution in [0.25, 0.3) is 78.1 Å². The van der Waals surface area contributed by atoms with Gasteiger partial charge in [-0.15, -0.1) is 29.3 Å². The summed E-state index contributed by atoms with van der Waals surface area (Å²) in [4.78, 5) is 10.5. The molecule has 0 unspecified atom stereocenters. The number of nitrogens with zero attached hydrogens (tertiary/aromatic N) is 3. The van der Waals surface area contributed by atoms with Gasteiger partial charge in [0.2, 0.25) is 0 Å². The summed E-state index contributed by atoms with van der Waals surface area (Å²) in [5.41, 5.74) is 18.0. The molecule has 1 aliphatic rings. The molecule has 6 aromatic carbocycles. The van der Waals surface area contributed by atoms with Gasteiger partial charge in [0.05, 0.1) is 22.5 Å². The van der Waals surface area contributed by atoms with E-state index in [0.29, 0.717) is 12.2 Å². The van der Waals surface area contributed by atoms with Crippen LogP contribution < -0.4 is 0 Å². The van der Waals surface area contributed by atoms with Gasteiger partial charge in [0, 0.05) is 50.5 Å². The first-order valence-electron chi connectivity index (χ1n) is 20.4. The van der Waals surface area contributed by atoms with E-state index in [4.69, 9.17) is 9.97 Å². The second kappa shape index (κ2) is 16.4. The zero-order valence-electron chi connectivity index (χ0n) is 34.3. The Kier molecular flexibility index (Phi) is 11.1. The van der Waals surface area contributed by atoms with Crippen molar-refractivity contribution < 1.29 is 26.2 Å². The Labute approximate surface area is 362 Å². The third-order valence-electron chi connectivity index (χ3n) is 11.7. The van der Waals surface area contributed by atoms with Gasteiger partial charge in [-0.3, -0.25) is 9.55 Å². The minimum absolute atomic E-state index is 0. The minimum atomic E-state index is -0.134. The maximum Gasteiger partial charge on any atom is 0.144 e. The molecule has 0 saturated heterocycles. The first-order chi connectivity index (χ1) is 28.1. The maximum atomic E-state index is 11.5. The summed E-state index contributed by atoms with van der Waals surface area (Å²) in [5, 5.41) is 11.5. The maximum absolute atomic E-state index is 11.5. The zero-order chi connectivity index (χ0) is 40.0. The van der Waals surface area contributed by atoms with Crippen LogP contribution in [0.2, 0.25) is 0 Å². The van der Waals surface area contributed by atoms with Crippen LogP contribution in [-0.4, -0.2) is 19.6 Å². The molecule has 1 aliphatic carbocycles. The van der Waals surface area contributed by atoms with Gasteiger partial charge in [-0.25, -0.2) is 4.98 Å². The Hall–Kier alpha value is -5.83. The normalized spacial score (nSPS) is 13.1. The third kappa shape index (κ3) is 7.75. The molecule has 0 saturated carbocycles. The van der Waals surface area contributed by atoms with Crippen LogP contribution in [0.5, 0.6) is 0 Å². The van der Waals surface area contributed by atoms with Crippen molar-refractivity contribution in [2.75, 3.05) is 0 Å². The monoisotopic (exact) mass is 949 g/mol. The average Bonchev–Trinajstić information content (AvgIpc) is 3.63. The molecule has 0 aliphatic heterocycles. The van der Waals surface area contributed by atoms with Gasteiger partial charge in [-0.05, 0) is 102 Å². The van der Waals surface area contributed by atoms with Crippen molar-refractivity contribution in [3.63, 3.8) is 0 Å². The molecular formula is C54H48N3OPt-. The summed E-state index contributed by atoms with van der Waals surface area (Å²) in [6, 6.07) is 53.4. The van der Waals surface area contributed by atoms with Crippen LogP contribution in [-0.2, 0) is 26.5 Å². The van der Waals surface area contributed by atoms with E-state index in [1.807, 2.05) is 6.20 Å². The van der Waals surface area contributed by atoms with E-state index in [1.165, 1.54) is 22.3 Å². The molecule has 59 heavy (non-hydrogen) atoms. The fourth-order valence-corrected chi connectivity index (χ4v) is 8.57. The molecule has 2 heterocycles. The van der Waals surface area contributed by atoms with Gasteiger partial charge in [-0.2, -0.15) is 0 Å². The van der Waals surface area contributed by atoms with Crippen LogP contribution in [0.15, 0.2) is 151 Å². The SMILES string of the molecule is Cc1cccc(C)c1-c1ccnc(-c2[c-]c(-c3cccc4c3nc(C3=C(O)CCCC3)n4-c3ccc(-c4ccccc4)cc3-c3ccccc3)cc(C(C)(C)C)c2)c1.[Pt]. The topological polar surface area (TPSA) is 50.9 Å². The smallest absolute Gasteiger partial charge is 0.144 e. The van der Waals surface area contributed by atoms with Gasteiger partial charge >= 0.3 is 0 Å². The minimum Gasteiger partial charge on any atom is -0.512 e. The number of pyridine rings is 1. The fourth-order valence-electron chi connectivity index (χ4n) is 8.57. The van der Waals surface area contributed by atoms with Gasteiger partial charge in [0.25, 0.3) is 0 Å². The number of hydrogen-bond donors (Lipinski definition) is 1. The number of fused-ring (bicyclic) bond motifs is 1. The first kappa shape index (κ1) is 40.0. The van der Waals surface area contributed by atoms with Crippen LogP contribution in [0.1, 0.15) is 69.0 Å². The Bertz CT molecular complexity index is 2830. The molecule has 0 radical (unpaired) electrons. The van der Waals surface area contributed by atoms with Gasteiger partial charge < -0.3 is 5.11 Å². The first-order valence-corrected chi connectivity index (χ1v) is 20.4. The fraction of sp³-hybridized carbons (Fsp3) is 0.185. The Balaban J connectivity index is 0.00000484. The van der Waals surface area contributed by atoms with E-state index in [1.54, 1.807) is 0 Å². The molecule has 0 amide bonds. The largest absolute Gasteiger partial charge is 0.512 e. The van der Waals surface area contributed by atoms with Crippen molar-refractivity contribution in [1.29, 1.82) is 0 Å². The average molecular weight is 950 g/mol. The quantitative estimate of drug-likeness (QED) is 0.162. The Morgan fingerprint density at radius 3 is 2.02 bits per heavy atom. The van der Waals surface area contributed by atoms with E-state index in [2.05, 4.69) is 185 Å². The Morgan fingerprint density at radius 1 is 0.627 bits per heavy atom. The molecule has 8 aromatic rings. The van der Waals surface area contributed by atoms with E-state index < -0.39 is 0 Å². The summed E-state index contributed by atoms with van der Waals surface area (Å²) in [7, 11) is 0. The molecule has 0 spiro atoms. The van der Waals surface area contributed by atoms with Crippen LogP contribution in [0.3, 0.4) is 0 Å². The number of allylic oxidation sites excluding steroid dienone is 2. The van der Waals surface area contributed by atoms with E-state index in [-0.39, 0.29) is 26.5 Å². The zero-order valence-corrected chi connectivity index (χ0v) is 36.6. The molecule has 0 atom stereocenters.